The van der Waals surface area contributed by atoms with Crippen molar-refractivity contribution in [2.75, 3.05) is 31.6 Å². The maximum absolute atomic E-state index is 12.7. The smallest absolute Gasteiger partial charge is 0.407 e. The van der Waals surface area contributed by atoms with E-state index in [0.29, 0.717) is 35.8 Å². The molecular weight excluding hydrogens is 562 g/mol. The van der Waals surface area contributed by atoms with Crippen LogP contribution in [0.1, 0.15) is 36.7 Å². The van der Waals surface area contributed by atoms with Crippen LogP contribution in [0.25, 0.3) is 16.9 Å². The maximum atomic E-state index is 12.7. The SMILES string of the molecule is Cc1cc(Nc2nccn3c(-c4ccc(OC(F)F)cc4)cnc23)ccc1C(=O)NCCOCCNC(=O)OC(C)(C)C. The Hall–Kier alpha value is -4.78. The lowest BCUT2D eigenvalue weighted by Crippen LogP contribution is -2.34. The summed E-state index contributed by atoms with van der Waals surface area (Å²) < 4.78 is 41.8. The summed E-state index contributed by atoms with van der Waals surface area (Å²) in [5.41, 5.74) is 3.50. The van der Waals surface area contributed by atoms with E-state index >= 15 is 0 Å². The van der Waals surface area contributed by atoms with Crippen LogP contribution in [0.15, 0.2) is 61.1 Å². The Labute approximate surface area is 247 Å². The highest BCUT2D eigenvalue weighted by molar-refractivity contribution is 5.96. The molecule has 2 aromatic heterocycles. The van der Waals surface area contributed by atoms with Crippen molar-refractivity contribution in [3.63, 3.8) is 0 Å². The number of benzene rings is 2. The van der Waals surface area contributed by atoms with E-state index in [1.165, 1.54) is 12.1 Å². The van der Waals surface area contributed by atoms with Crippen LogP contribution in [-0.4, -0.2) is 64.9 Å². The minimum atomic E-state index is -2.89. The van der Waals surface area contributed by atoms with E-state index < -0.39 is 18.3 Å². The first kappa shape index (κ1) is 31.2. The fourth-order valence-electron chi connectivity index (χ4n) is 4.13. The average Bonchev–Trinajstić information content (AvgIpc) is 3.37. The normalized spacial score (nSPS) is 11.4. The van der Waals surface area contributed by atoms with Crippen LogP contribution < -0.4 is 20.7 Å². The van der Waals surface area contributed by atoms with Crippen LogP contribution in [0.4, 0.5) is 25.1 Å². The molecule has 0 spiro atoms. The van der Waals surface area contributed by atoms with Gasteiger partial charge < -0.3 is 30.2 Å². The van der Waals surface area contributed by atoms with Gasteiger partial charge in [-0.3, -0.25) is 9.20 Å². The number of rotatable bonds is 12. The zero-order chi connectivity index (χ0) is 31.0. The Morgan fingerprint density at radius 2 is 1.72 bits per heavy atom. The minimum Gasteiger partial charge on any atom is -0.444 e. The number of ether oxygens (including phenoxy) is 3. The lowest BCUT2D eigenvalue weighted by atomic mass is 10.1. The van der Waals surface area contributed by atoms with Crippen LogP contribution in [0.5, 0.6) is 5.75 Å². The highest BCUT2D eigenvalue weighted by Gasteiger charge is 2.16. The molecule has 0 saturated carbocycles. The van der Waals surface area contributed by atoms with E-state index in [1.807, 2.05) is 17.4 Å². The Bertz CT molecular complexity index is 1550. The summed E-state index contributed by atoms with van der Waals surface area (Å²) in [5.74, 6) is 0.339. The molecule has 0 aliphatic heterocycles. The number of nitrogens with zero attached hydrogens (tertiary/aromatic N) is 3. The number of amides is 2. The van der Waals surface area contributed by atoms with Gasteiger partial charge in [-0.15, -0.1) is 0 Å². The van der Waals surface area contributed by atoms with Gasteiger partial charge >= 0.3 is 12.7 Å². The van der Waals surface area contributed by atoms with Crippen LogP contribution in [0.2, 0.25) is 0 Å². The Morgan fingerprint density at radius 3 is 2.40 bits per heavy atom. The number of hydrogen-bond acceptors (Lipinski definition) is 8. The minimum absolute atomic E-state index is 0.0714. The first-order valence-electron chi connectivity index (χ1n) is 13.6. The summed E-state index contributed by atoms with van der Waals surface area (Å²) in [6.07, 6.45) is 4.55. The van der Waals surface area contributed by atoms with Crippen molar-refractivity contribution in [3.05, 3.63) is 72.2 Å². The molecule has 0 aliphatic rings. The van der Waals surface area contributed by atoms with Gasteiger partial charge in [-0.2, -0.15) is 8.78 Å². The first-order valence-corrected chi connectivity index (χ1v) is 13.6. The van der Waals surface area contributed by atoms with Crippen molar-refractivity contribution in [3.8, 4) is 17.0 Å². The van der Waals surface area contributed by atoms with Gasteiger partial charge in [-0.1, -0.05) is 0 Å². The van der Waals surface area contributed by atoms with Gasteiger partial charge in [-0.05, 0) is 75.7 Å². The number of aromatic nitrogens is 3. The molecule has 0 aliphatic carbocycles. The molecule has 2 amide bonds. The van der Waals surface area contributed by atoms with Crippen molar-refractivity contribution in [2.24, 2.45) is 0 Å². The van der Waals surface area contributed by atoms with Gasteiger partial charge in [0.1, 0.15) is 11.4 Å². The van der Waals surface area contributed by atoms with Gasteiger partial charge in [0.05, 0.1) is 25.1 Å². The quantitative estimate of drug-likeness (QED) is 0.188. The van der Waals surface area contributed by atoms with E-state index in [2.05, 4.69) is 30.7 Å². The highest BCUT2D eigenvalue weighted by atomic mass is 19.3. The molecule has 13 heteroatoms. The number of nitrogens with one attached hydrogen (secondary N) is 3. The Morgan fingerprint density at radius 1 is 1.00 bits per heavy atom. The number of fused-ring (bicyclic) bond motifs is 1. The predicted molar refractivity (Wildman–Crippen MR) is 157 cm³/mol. The molecule has 0 saturated heterocycles. The number of hydrogen-bond donors (Lipinski definition) is 3. The third-order valence-corrected chi connectivity index (χ3v) is 5.98. The molecule has 4 aromatic rings. The van der Waals surface area contributed by atoms with Crippen molar-refractivity contribution >= 4 is 29.2 Å². The summed E-state index contributed by atoms with van der Waals surface area (Å²) in [6.45, 7) is 5.49. The van der Waals surface area contributed by atoms with Gasteiger partial charge in [0.25, 0.3) is 5.91 Å². The Balaban J connectivity index is 1.30. The largest absolute Gasteiger partial charge is 0.444 e. The zero-order valence-electron chi connectivity index (χ0n) is 24.3. The number of anilines is 2. The second-order valence-electron chi connectivity index (χ2n) is 10.5. The average molecular weight is 597 g/mol. The molecule has 228 valence electrons. The first-order chi connectivity index (χ1) is 20.5. The molecule has 0 unspecified atom stereocenters. The van der Waals surface area contributed by atoms with Crippen molar-refractivity contribution in [1.29, 1.82) is 0 Å². The summed E-state index contributed by atoms with van der Waals surface area (Å²) >= 11 is 0. The second-order valence-corrected chi connectivity index (χ2v) is 10.5. The molecule has 2 heterocycles. The van der Waals surface area contributed by atoms with E-state index in [0.717, 1.165) is 16.8 Å². The predicted octanol–water partition coefficient (Wildman–Crippen LogP) is 5.32. The van der Waals surface area contributed by atoms with Gasteiger partial charge in [-0.25, -0.2) is 14.8 Å². The fourth-order valence-corrected chi connectivity index (χ4v) is 4.13. The molecule has 4 rings (SSSR count). The third kappa shape index (κ3) is 8.85. The summed E-state index contributed by atoms with van der Waals surface area (Å²) in [4.78, 5) is 33.2. The number of aryl methyl sites for hydroxylation is 1. The number of halogens is 2. The summed E-state index contributed by atoms with van der Waals surface area (Å²) in [6, 6.07) is 11.6. The second kappa shape index (κ2) is 13.9. The number of alkyl halides is 2. The van der Waals surface area contributed by atoms with Gasteiger partial charge in [0.2, 0.25) is 0 Å². The van der Waals surface area contributed by atoms with E-state index in [4.69, 9.17) is 9.47 Å². The van der Waals surface area contributed by atoms with Gasteiger partial charge in [0.15, 0.2) is 11.5 Å². The molecule has 11 nitrogen and oxygen atoms in total. The number of alkyl carbamates (subject to hydrolysis) is 1. The molecule has 2 aromatic carbocycles. The topological polar surface area (TPSA) is 128 Å². The van der Waals surface area contributed by atoms with Crippen molar-refractivity contribution < 1.29 is 32.6 Å². The maximum Gasteiger partial charge on any atom is 0.407 e. The van der Waals surface area contributed by atoms with E-state index in [9.17, 15) is 18.4 Å². The van der Waals surface area contributed by atoms with Crippen LogP contribution in [0.3, 0.4) is 0 Å². The fraction of sp³-hybridized carbons (Fsp3) is 0.333. The van der Waals surface area contributed by atoms with Crippen LogP contribution in [-0.2, 0) is 9.47 Å². The lowest BCUT2D eigenvalue weighted by molar-refractivity contribution is -0.0498. The lowest BCUT2D eigenvalue weighted by Gasteiger charge is -2.19. The van der Waals surface area contributed by atoms with E-state index in [1.54, 1.807) is 63.6 Å². The number of carbonyl (C=O) groups is 2. The van der Waals surface area contributed by atoms with E-state index in [-0.39, 0.29) is 24.9 Å². The van der Waals surface area contributed by atoms with Crippen molar-refractivity contribution in [1.82, 2.24) is 25.0 Å². The monoisotopic (exact) mass is 596 g/mol. The molecule has 43 heavy (non-hydrogen) atoms. The molecule has 0 atom stereocenters. The molecule has 0 bridgehead atoms. The number of imidazole rings is 1. The number of carbonyl (C=O) groups excluding carboxylic acids is 2. The molecular formula is C30H34F2N6O5. The third-order valence-electron chi connectivity index (χ3n) is 5.98. The molecule has 0 radical (unpaired) electrons. The van der Waals surface area contributed by atoms with Crippen LogP contribution in [0, 0.1) is 6.92 Å². The Kier molecular flexibility index (Phi) is 10.1. The summed E-state index contributed by atoms with van der Waals surface area (Å²) in [7, 11) is 0. The highest BCUT2D eigenvalue weighted by Crippen LogP contribution is 2.27. The summed E-state index contributed by atoms with van der Waals surface area (Å²) in [5, 5.41) is 8.69. The standard InChI is InChI=1S/C30H34F2N6O5/c1-19-17-21(7-10-23(19)27(39)34-12-15-41-16-13-35-29(40)43-30(2,3)4)37-25-26-36-18-24(38(26)14-11-33-25)20-5-8-22(9-6-20)42-28(31)32/h5-11,14,17-18,28H,12-13,15-16H2,1-4H3,(H,33,37)(H,34,39)(H,35,40). The van der Waals surface area contributed by atoms with Gasteiger partial charge in [0, 0.05) is 42.3 Å². The van der Waals surface area contributed by atoms with Crippen LogP contribution >= 0.6 is 0 Å². The van der Waals surface area contributed by atoms with Crippen molar-refractivity contribution in [2.45, 2.75) is 39.9 Å². The molecule has 3 N–H and O–H groups in total. The molecule has 0 fully saturated rings. The zero-order valence-corrected chi connectivity index (χ0v) is 24.3.